The second-order valence-corrected chi connectivity index (χ2v) is 6.56. The van der Waals surface area contributed by atoms with Crippen LogP contribution in [-0.2, 0) is 13.3 Å². The Labute approximate surface area is 75.4 Å². The molecule has 72 valence electrons. The molecule has 0 amide bonds. The first-order valence-electron chi connectivity index (χ1n) is 4.28. The molecule has 0 radical (unpaired) electrons. The summed E-state index contributed by atoms with van der Waals surface area (Å²) < 4.78 is 16.2. The molecule has 1 aliphatic rings. The molecule has 3 nitrogen and oxygen atoms in total. The highest BCUT2D eigenvalue weighted by Crippen LogP contribution is 2.57. The van der Waals surface area contributed by atoms with Crippen molar-refractivity contribution in [1.82, 2.24) is 0 Å². The zero-order valence-corrected chi connectivity index (χ0v) is 9.46. The van der Waals surface area contributed by atoms with E-state index >= 15 is 0 Å². The van der Waals surface area contributed by atoms with E-state index in [4.69, 9.17) is 13.3 Å². The van der Waals surface area contributed by atoms with Crippen molar-refractivity contribution in [1.29, 1.82) is 0 Å². The molecule has 0 aromatic rings. The largest absolute Gasteiger partial charge is 0.503 e. The molecule has 2 unspecified atom stereocenters. The van der Waals surface area contributed by atoms with E-state index in [9.17, 15) is 0 Å². The van der Waals surface area contributed by atoms with Gasteiger partial charge in [0.15, 0.2) is 0 Å². The minimum absolute atomic E-state index is 0.498. The molecular weight excluding hydrogens is 172 g/mol. The summed E-state index contributed by atoms with van der Waals surface area (Å²) in [5, 5.41) is 0. The number of rotatable bonds is 4. The highest BCUT2D eigenvalue weighted by Gasteiger charge is 2.63. The highest BCUT2D eigenvalue weighted by atomic mass is 28.4. The van der Waals surface area contributed by atoms with E-state index in [0.29, 0.717) is 17.4 Å². The second kappa shape index (κ2) is 3.45. The molecule has 1 aliphatic carbocycles. The van der Waals surface area contributed by atoms with Crippen LogP contribution >= 0.6 is 0 Å². The summed E-state index contributed by atoms with van der Waals surface area (Å²) in [4.78, 5) is 0. The highest BCUT2D eigenvalue weighted by molar-refractivity contribution is 6.63. The van der Waals surface area contributed by atoms with Gasteiger partial charge in [0, 0.05) is 26.9 Å². The van der Waals surface area contributed by atoms with E-state index in [1.54, 1.807) is 21.3 Å². The molecule has 0 aromatic carbocycles. The Morgan fingerprint density at radius 1 is 0.833 bits per heavy atom. The standard InChI is InChI=1S/C8H18O3Si/c1-6-7(2)8(6)12(9-3,10-4)11-5/h6-8H,1-5H3. The average molecular weight is 190 g/mol. The van der Waals surface area contributed by atoms with Crippen molar-refractivity contribution in [3.63, 3.8) is 0 Å². The molecule has 0 heterocycles. The van der Waals surface area contributed by atoms with E-state index in [1.807, 2.05) is 0 Å². The van der Waals surface area contributed by atoms with Crippen molar-refractivity contribution in [2.24, 2.45) is 11.8 Å². The fourth-order valence-corrected chi connectivity index (χ4v) is 5.07. The zero-order valence-electron chi connectivity index (χ0n) is 8.46. The van der Waals surface area contributed by atoms with Crippen LogP contribution < -0.4 is 0 Å². The van der Waals surface area contributed by atoms with Crippen LogP contribution in [0.2, 0.25) is 5.54 Å². The lowest BCUT2D eigenvalue weighted by atomic mass is 10.4. The molecule has 12 heavy (non-hydrogen) atoms. The lowest BCUT2D eigenvalue weighted by Crippen LogP contribution is -2.44. The van der Waals surface area contributed by atoms with E-state index in [-0.39, 0.29) is 0 Å². The first-order chi connectivity index (χ1) is 5.63. The minimum Gasteiger partial charge on any atom is -0.377 e. The minimum atomic E-state index is -2.31. The van der Waals surface area contributed by atoms with Crippen molar-refractivity contribution in [3.8, 4) is 0 Å². The molecule has 1 saturated carbocycles. The van der Waals surface area contributed by atoms with E-state index in [1.165, 1.54) is 0 Å². The predicted octanol–water partition coefficient (Wildman–Crippen LogP) is 1.52. The summed E-state index contributed by atoms with van der Waals surface area (Å²) in [5.74, 6) is 1.35. The molecule has 0 bridgehead atoms. The maximum Gasteiger partial charge on any atom is 0.503 e. The maximum absolute atomic E-state index is 5.40. The summed E-state index contributed by atoms with van der Waals surface area (Å²) in [6.45, 7) is 4.43. The van der Waals surface area contributed by atoms with Crippen LogP contribution in [0, 0.1) is 11.8 Å². The number of hydrogen-bond donors (Lipinski definition) is 0. The van der Waals surface area contributed by atoms with E-state index < -0.39 is 8.80 Å². The van der Waals surface area contributed by atoms with Gasteiger partial charge in [-0.25, -0.2) is 0 Å². The molecule has 0 N–H and O–H groups in total. The molecule has 0 aromatic heterocycles. The van der Waals surface area contributed by atoms with Gasteiger partial charge in [-0.3, -0.25) is 0 Å². The van der Waals surface area contributed by atoms with Crippen molar-refractivity contribution in [2.75, 3.05) is 21.3 Å². The molecule has 0 spiro atoms. The quantitative estimate of drug-likeness (QED) is 0.629. The van der Waals surface area contributed by atoms with Gasteiger partial charge in [-0.15, -0.1) is 0 Å². The summed E-state index contributed by atoms with van der Waals surface area (Å²) in [7, 11) is 2.72. The lowest BCUT2D eigenvalue weighted by Gasteiger charge is -2.24. The Hall–Kier alpha value is 0.0969. The number of hydrogen-bond acceptors (Lipinski definition) is 3. The maximum atomic E-state index is 5.40. The van der Waals surface area contributed by atoms with E-state index in [0.717, 1.165) is 0 Å². The van der Waals surface area contributed by atoms with Crippen LogP contribution in [-0.4, -0.2) is 30.1 Å². The predicted molar refractivity (Wildman–Crippen MR) is 48.9 cm³/mol. The van der Waals surface area contributed by atoms with Crippen molar-refractivity contribution in [3.05, 3.63) is 0 Å². The lowest BCUT2D eigenvalue weighted by molar-refractivity contribution is 0.119. The zero-order chi connectivity index (χ0) is 9.35. The SMILES string of the molecule is CO[Si](OC)(OC)C1C(C)C1C. The van der Waals surface area contributed by atoms with Gasteiger partial charge in [0.1, 0.15) is 0 Å². The Morgan fingerprint density at radius 2 is 1.17 bits per heavy atom. The summed E-state index contributed by atoms with van der Waals surface area (Å²) in [6.07, 6.45) is 0. The van der Waals surface area contributed by atoms with Gasteiger partial charge < -0.3 is 13.3 Å². The summed E-state index contributed by atoms with van der Waals surface area (Å²) in [5.41, 5.74) is 0.498. The Bertz CT molecular complexity index is 142. The van der Waals surface area contributed by atoms with Gasteiger partial charge in [-0.1, -0.05) is 13.8 Å². The summed E-state index contributed by atoms with van der Waals surface area (Å²) in [6, 6.07) is 0. The van der Waals surface area contributed by atoms with Gasteiger partial charge in [0.05, 0.1) is 0 Å². The van der Waals surface area contributed by atoms with Crippen molar-refractivity contribution >= 4 is 8.80 Å². The topological polar surface area (TPSA) is 27.7 Å². The first-order valence-corrected chi connectivity index (χ1v) is 6.08. The van der Waals surface area contributed by atoms with Gasteiger partial charge in [-0.2, -0.15) is 0 Å². The molecular formula is C8H18O3Si. The molecule has 1 fully saturated rings. The molecule has 4 heteroatoms. The van der Waals surface area contributed by atoms with Gasteiger partial charge >= 0.3 is 8.80 Å². The Morgan fingerprint density at radius 3 is 1.25 bits per heavy atom. The van der Waals surface area contributed by atoms with Crippen molar-refractivity contribution in [2.45, 2.75) is 19.4 Å². The Kier molecular flexibility index (Phi) is 2.93. The van der Waals surface area contributed by atoms with Crippen LogP contribution in [0.4, 0.5) is 0 Å². The fraction of sp³-hybridized carbons (Fsp3) is 1.00. The van der Waals surface area contributed by atoms with E-state index in [2.05, 4.69) is 13.8 Å². The third-order valence-corrected chi connectivity index (χ3v) is 6.66. The van der Waals surface area contributed by atoms with Crippen LogP contribution in [0.15, 0.2) is 0 Å². The smallest absolute Gasteiger partial charge is 0.377 e. The molecule has 2 atom stereocenters. The average Bonchev–Trinajstić information content (AvgIpc) is 2.67. The first kappa shape index (κ1) is 10.2. The van der Waals surface area contributed by atoms with Gasteiger partial charge in [0.2, 0.25) is 0 Å². The van der Waals surface area contributed by atoms with Crippen LogP contribution in [0.25, 0.3) is 0 Å². The molecule has 0 saturated heterocycles. The summed E-state index contributed by atoms with van der Waals surface area (Å²) >= 11 is 0. The molecule has 0 aliphatic heterocycles. The normalized spacial score (nSPS) is 35.2. The third-order valence-electron chi connectivity index (χ3n) is 3.08. The second-order valence-electron chi connectivity index (χ2n) is 3.46. The monoisotopic (exact) mass is 190 g/mol. The molecule has 1 rings (SSSR count). The van der Waals surface area contributed by atoms with Crippen LogP contribution in [0.5, 0.6) is 0 Å². The van der Waals surface area contributed by atoms with Gasteiger partial charge in [0.25, 0.3) is 0 Å². The van der Waals surface area contributed by atoms with Crippen molar-refractivity contribution < 1.29 is 13.3 Å². The third kappa shape index (κ3) is 1.33. The van der Waals surface area contributed by atoms with Gasteiger partial charge in [-0.05, 0) is 11.8 Å². The van der Waals surface area contributed by atoms with Crippen LogP contribution in [0.3, 0.4) is 0 Å². The van der Waals surface area contributed by atoms with Crippen LogP contribution in [0.1, 0.15) is 13.8 Å². The Balaban J connectivity index is 2.66. The fourth-order valence-electron chi connectivity index (χ4n) is 1.96.